The monoisotopic (exact) mass is 466 g/mol. The van der Waals surface area contributed by atoms with E-state index in [1.807, 2.05) is 18.2 Å². The summed E-state index contributed by atoms with van der Waals surface area (Å²) in [6, 6.07) is 10.9. The van der Waals surface area contributed by atoms with Gasteiger partial charge in [-0.15, -0.1) is 0 Å². The van der Waals surface area contributed by atoms with Crippen molar-refractivity contribution in [3.05, 3.63) is 77.5 Å². The zero-order valence-corrected chi connectivity index (χ0v) is 18.8. The van der Waals surface area contributed by atoms with Gasteiger partial charge in [-0.2, -0.15) is 4.31 Å². The highest BCUT2D eigenvalue weighted by Crippen LogP contribution is 2.48. The van der Waals surface area contributed by atoms with Crippen LogP contribution in [0, 0.1) is 23.6 Å². The highest BCUT2D eigenvalue weighted by Gasteiger charge is 2.49. The molecule has 1 aromatic heterocycles. The van der Waals surface area contributed by atoms with Gasteiger partial charge in [-0.25, -0.2) is 17.8 Å². The number of nitrogens with one attached hydrogen (secondary N) is 1. The van der Waals surface area contributed by atoms with Gasteiger partial charge in [-0.1, -0.05) is 17.9 Å². The van der Waals surface area contributed by atoms with Crippen LogP contribution in [0.4, 0.5) is 10.1 Å². The summed E-state index contributed by atoms with van der Waals surface area (Å²) in [5.41, 5.74) is 2.84. The topological polar surface area (TPSA) is 87.5 Å². The van der Waals surface area contributed by atoms with Crippen LogP contribution < -0.4 is 5.32 Å². The van der Waals surface area contributed by atoms with Crippen LogP contribution in [0.1, 0.15) is 29.2 Å². The number of aromatic nitrogens is 2. The molecule has 0 bridgehead atoms. The Hall–Kier alpha value is -3.19. The molecule has 2 aliphatic rings. The van der Waals surface area contributed by atoms with Crippen LogP contribution in [0.2, 0.25) is 0 Å². The molecule has 3 aromatic rings. The van der Waals surface area contributed by atoms with Gasteiger partial charge in [0.1, 0.15) is 5.82 Å². The third kappa shape index (κ3) is 3.91. The fourth-order valence-electron chi connectivity index (χ4n) is 4.72. The fourth-order valence-corrected chi connectivity index (χ4v) is 6.36. The number of fused-ring (bicyclic) bond motifs is 3. The number of aryl methyl sites for hydroxylation is 1. The maximum Gasteiger partial charge on any atom is 0.262 e. The second-order valence-corrected chi connectivity index (χ2v) is 10.2. The Morgan fingerprint density at radius 3 is 2.70 bits per heavy atom. The Morgan fingerprint density at radius 1 is 1.21 bits per heavy atom. The number of aliphatic hydroxyl groups excluding tert-OH is 1. The van der Waals surface area contributed by atoms with E-state index in [1.54, 1.807) is 23.7 Å². The van der Waals surface area contributed by atoms with E-state index < -0.39 is 16.1 Å². The lowest BCUT2D eigenvalue weighted by Crippen LogP contribution is -2.42. The number of nitrogens with zero attached hydrogens (tertiary/aromatic N) is 3. The number of anilines is 1. The van der Waals surface area contributed by atoms with Crippen LogP contribution in [0.3, 0.4) is 0 Å². The Labute approximate surface area is 191 Å². The average molecular weight is 467 g/mol. The predicted octanol–water partition coefficient (Wildman–Crippen LogP) is 2.50. The van der Waals surface area contributed by atoms with Gasteiger partial charge in [0.2, 0.25) is 0 Å². The molecule has 1 fully saturated rings. The second-order valence-electron chi connectivity index (χ2n) is 8.39. The van der Waals surface area contributed by atoms with Gasteiger partial charge in [-0.3, -0.25) is 0 Å². The molecule has 0 amide bonds. The molecule has 5 rings (SSSR count). The molecule has 3 atom stereocenters. The minimum atomic E-state index is -3.82. The van der Waals surface area contributed by atoms with Crippen molar-refractivity contribution in [3.63, 3.8) is 0 Å². The molecular formula is C24H23FN4O3S. The van der Waals surface area contributed by atoms with Gasteiger partial charge in [0.25, 0.3) is 10.0 Å². The Bertz CT molecular complexity index is 1380. The average Bonchev–Trinajstić information content (AvgIpc) is 3.45. The zero-order chi connectivity index (χ0) is 23.2. The van der Waals surface area contributed by atoms with Crippen molar-refractivity contribution >= 4 is 15.7 Å². The van der Waals surface area contributed by atoms with Crippen LogP contribution in [0.15, 0.2) is 60.0 Å². The zero-order valence-electron chi connectivity index (χ0n) is 17.9. The first-order valence-corrected chi connectivity index (χ1v) is 12.1. The van der Waals surface area contributed by atoms with Crippen molar-refractivity contribution in [1.82, 2.24) is 13.9 Å². The highest BCUT2D eigenvalue weighted by molar-refractivity contribution is 7.89. The van der Waals surface area contributed by atoms with Gasteiger partial charge in [0.05, 0.1) is 25.0 Å². The van der Waals surface area contributed by atoms with Crippen LogP contribution in [-0.2, 0) is 17.1 Å². The number of rotatable bonds is 3. The minimum absolute atomic E-state index is 0.00771. The molecule has 0 radical (unpaired) electrons. The standard InChI is InChI=1S/C24H23FN4O3S/c1-28-13-23(26-15-28)33(31,32)29-10-9-19-22(14-30)27-21-8-7-17(12-20(21)24(19)29)6-5-16-3-2-4-18(25)11-16/h2-4,7-8,11-13,15,19,22,24,27,30H,9-10,14H2,1H3/t19-,22+,24-/m1/s1. The lowest BCUT2D eigenvalue weighted by atomic mass is 9.83. The van der Waals surface area contributed by atoms with E-state index in [4.69, 9.17) is 0 Å². The number of halogens is 1. The van der Waals surface area contributed by atoms with E-state index in [0.717, 1.165) is 11.3 Å². The maximum absolute atomic E-state index is 13.5. The van der Waals surface area contributed by atoms with Gasteiger partial charge < -0.3 is 15.0 Å². The Kier molecular flexibility index (Phi) is 5.44. The summed E-state index contributed by atoms with van der Waals surface area (Å²) in [7, 11) is -2.10. The van der Waals surface area contributed by atoms with Gasteiger partial charge >= 0.3 is 0 Å². The summed E-state index contributed by atoms with van der Waals surface area (Å²) >= 11 is 0. The predicted molar refractivity (Wildman–Crippen MR) is 121 cm³/mol. The number of benzene rings is 2. The first-order chi connectivity index (χ1) is 15.9. The van der Waals surface area contributed by atoms with E-state index in [-0.39, 0.29) is 29.4 Å². The number of aliphatic hydroxyl groups is 1. The van der Waals surface area contributed by atoms with Crippen LogP contribution in [0.5, 0.6) is 0 Å². The van der Waals surface area contributed by atoms with Crippen molar-refractivity contribution in [2.75, 3.05) is 18.5 Å². The van der Waals surface area contributed by atoms with Crippen LogP contribution >= 0.6 is 0 Å². The third-order valence-electron chi connectivity index (χ3n) is 6.25. The summed E-state index contributed by atoms with van der Waals surface area (Å²) in [5.74, 6) is 5.58. The van der Waals surface area contributed by atoms with Crippen molar-refractivity contribution in [2.24, 2.45) is 13.0 Å². The van der Waals surface area contributed by atoms with Crippen molar-refractivity contribution in [2.45, 2.75) is 23.5 Å². The van der Waals surface area contributed by atoms with Gasteiger partial charge in [-0.05, 0) is 48.4 Å². The molecular weight excluding hydrogens is 443 g/mol. The van der Waals surface area contributed by atoms with E-state index in [1.165, 1.54) is 29.0 Å². The molecule has 2 aliphatic heterocycles. The highest BCUT2D eigenvalue weighted by atomic mass is 32.2. The van der Waals surface area contributed by atoms with Crippen LogP contribution in [-0.4, -0.2) is 46.6 Å². The normalized spacial score (nSPS) is 22.1. The van der Waals surface area contributed by atoms with E-state index >= 15 is 0 Å². The van der Waals surface area contributed by atoms with Crippen molar-refractivity contribution < 1.29 is 17.9 Å². The molecule has 3 heterocycles. The number of hydrogen-bond acceptors (Lipinski definition) is 5. The summed E-state index contributed by atoms with van der Waals surface area (Å²) in [6.45, 7) is 0.240. The SMILES string of the molecule is Cn1cnc(S(=O)(=O)N2CC[C@@H]3[C@H](CO)Nc4ccc(C#Cc5cccc(F)c5)cc4[C@@H]32)c1. The molecule has 170 valence electrons. The maximum atomic E-state index is 13.5. The van der Waals surface area contributed by atoms with Crippen molar-refractivity contribution in [1.29, 1.82) is 0 Å². The summed E-state index contributed by atoms with van der Waals surface area (Å²) in [6.07, 6.45) is 3.58. The number of hydrogen-bond donors (Lipinski definition) is 2. The van der Waals surface area contributed by atoms with E-state index in [9.17, 15) is 17.9 Å². The largest absolute Gasteiger partial charge is 0.394 e. The first kappa shape index (κ1) is 21.6. The van der Waals surface area contributed by atoms with E-state index in [0.29, 0.717) is 24.1 Å². The quantitative estimate of drug-likeness (QED) is 0.580. The minimum Gasteiger partial charge on any atom is -0.394 e. The number of imidazole rings is 1. The summed E-state index contributed by atoms with van der Waals surface area (Å²) in [4.78, 5) is 4.07. The molecule has 2 aromatic carbocycles. The van der Waals surface area contributed by atoms with Gasteiger partial charge in [0, 0.05) is 42.5 Å². The molecule has 7 nitrogen and oxygen atoms in total. The molecule has 33 heavy (non-hydrogen) atoms. The molecule has 0 saturated carbocycles. The Balaban J connectivity index is 1.56. The lowest BCUT2D eigenvalue weighted by molar-refractivity contribution is 0.210. The molecule has 0 spiro atoms. The molecule has 9 heteroatoms. The molecule has 0 aliphatic carbocycles. The fraction of sp³-hybridized carbons (Fsp3) is 0.292. The summed E-state index contributed by atoms with van der Waals surface area (Å²) in [5, 5.41) is 13.3. The summed E-state index contributed by atoms with van der Waals surface area (Å²) < 4.78 is 43.4. The van der Waals surface area contributed by atoms with Gasteiger partial charge in [0.15, 0.2) is 5.03 Å². The Morgan fingerprint density at radius 2 is 2.00 bits per heavy atom. The molecule has 0 unspecified atom stereocenters. The second kappa shape index (κ2) is 8.30. The van der Waals surface area contributed by atoms with Crippen molar-refractivity contribution in [3.8, 4) is 11.8 Å². The number of sulfonamides is 1. The van der Waals surface area contributed by atoms with Crippen LogP contribution in [0.25, 0.3) is 0 Å². The molecule has 1 saturated heterocycles. The lowest BCUT2D eigenvalue weighted by Gasteiger charge is -2.38. The molecule has 2 N–H and O–H groups in total. The van der Waals surface area contributed by atoms with E-state index in [2.05, 4.69) is 22.1 Å². The first-order valence-electron chi connectivity index (χ1n) is 10.7. The third-order valence-corrected chi connectivity index (χ3v) is 8.02. The smallest absolute Gasteiger partial charge is 0.262 e.